The number of ether oxygens (including phenoxy) is 1. The standard InChI is InChI=1S/C20H20N2O3/c1-25-17-7-3-2-6-16(17)20(24)21-15-11-13-5-4-10-22-18(23)9-8-14(12-15)19(13)22/h2-3,6-7,11-12H,4-5,8-10H2,1H3,(H,21,24). The highest BCUT2D eigenvalue weighted by Gasteiger charge is 2.29. The maximum absolute atomic E-state index is 12.6. The number of nitrogens with one attached hydrogen (secondary N) is 1. The number of benzene rings is 2. The van der Waals surface area contributed by atoms with Crippen molar-refractivity contribution in [2.45, 2.75) is 25.7 Å². The molecule has 0 bridgehead atoms. The summed E-state index contributed by atoms with van der Waals surface area (Å²) in [5.74, 6) is 0.569. The van der Waals surface area contributed by atoms with E-state index in [1.807, 2.05) is 29.2 Å². The predicted octanol–water partition coefficient (Wildman–Crippen LogP) is 3.17. The number of rotatable bonds is 3. The summed E-state index contributed by atoms with van der Waals surface area (Å²) in [7, 11) is 1.56. The fourth-order valence-corrected chi connectivity index (χ4v) is 3.76. The Kier molecular flexibility index (Phi) is 3.92. The van der Waals surface area contributed by atoms with Crippen molar-refractivity contribution in [2.75, 3.05) is 23.9 Å². The van der Waals surface area contributed by atoms with Gasteiger partial charge in [-0.3, -0.25) is 9.59 Å². The Morgan fingerprint density at radius 2 is 1.88 bits per heavy atom. The second kappa shape index (κ2) is 6.24. The second-order valence-electron chi connectivity index (χ2n) is 6.45. The van der Waals surface area contributed by atoms with Gasteiger partial charge in [-0.1, -0.05) is 12.1 Å². The smallest absolute Gasteiger partial charge is 0.259 e. The number of hydrogen-bond acceptors (Lipinski definition) is 3. The molecule has 5 nitrogen and oxygen atoms in total. The minimum absolute atomic E-state index is 0.191. The van der Waals surface area contributed by atoms with Crippen LogP contribution in [0.5, 0.6) is 5.75 Å². The normalized spacial score (nSPS) is 15.6. The molecule has 2 aromatic rings. The van der Waals surface area contributed by atoms with Crippen LogP contribution in [0.25, 0.3) is 0 Å². The van der Waals surface area contributed by atoms with Gasteiger partial charge in [-0.2, -0.15) is 0 Å². The summed E-state index contributed by atoms with van der Waals surface area (Å²) in [5.41, 5.74) is 4.64. The number of para-hydroxylation sites is 1. The lowest BCUT2D eigenvalue weighted by molar-refractivity contribution is -0.119. The third-order valence-corrected chi connectivity index (χ3v) is 4.88. The SMILES string of the molecule is COc1ccccc1C(=O)Nc1cc2c3c(c1)CCC(=O)N3CCC2. The summed E-state index contributed by atoms with van der Waals surface area (Å²) >= 11 is 0. The van der Waals surface area contributed by atoms with Crippen molar-refractivity contribution in [3.05, 3.63) is 53.1 Å². The lowest BCUT2D eigenvalue weighted by atomic mass is 9.91. The van der Waals surface area contributed by atoms with Gasteiger partial charge in [0, 0.05) is 18.7 Å². The van der Waals surface area contributed by atoms with E-state index in [4.69, 9.17) is 4.74 Å². The van der Waals surface area contributed by atoms with Crippen LogP contribution in [-0.2, 0) is 17.6 Å². The molecule has 0 spiro atoms. The zero-order valence-corrected chi connectivity index (χ0v) is 14.2. The number of hydrogen-bond donors (Lipinski definition) is 1. The Hall–Kier alpha value is -2.82. The quantitative estimate of drug-likeness (QED) is 0.936. The van der Waals surface area contributed by atoms with Crippen molar-refractivity contribution >= 4 is 23.2 Å². The molecular weight excluding hydrogens is 316 g/mol. The first-order chi connectivity index (χ1) is 12.2. The van der Waals surface area contributed by atoms with Crippen LogP contribution in [0.15, 0.2) is 36.4 Å². The molecular formula is C20H20N2O3. The van der Waals surface area contributed by atoms with E-state index in [0.29, 0.717) is 17.7 Å². The molecule has 0 saturated carbocycles. The highest BCUT2D eigenvalue weighted by atomic mass is 16.5. The minimum atomic E-state index is -0.191. The lowest BCUT2D eigenvalue weighted by Gasteiger charge is -2.35. The zero-order chi connectivity index (χ0) is 17.4. The van der Waals surface area contributed by atoms with Gasteiger partial charge >= 0.3 is 0 Å². The van der Waals surface area contributed by atoms with E-state index >= 15 is 0 Å². The third-order valence-electron chi connectivity index (χ3n) is 4.88. The number of methoxy groups -OCH3 is 1. The van der Waals surface area contributed by atoms with Gasteiger partial charge in [0.2, 0.25) is 5.91 Å². The Balaban J connectivity index is 1.66. The molecule has 25 heavy (non-hydrogen) atoms. The van der Waals surface area contributed by atoms with E-state index in [2.05, 4.69) is 5.32 Å². The topological polar surface area (TPSA) is 58.6 Å². The maximum atomic E-state index is 12.6. The van der Waals surface area contributed by atoms with Crippen LogP contribution in [0, 0.1) is 0 Å². The molecule has 0 saturated heterocycles. The first-order valence-corrected chi connectivity index (χ1v) is 8.58. The largest absolute Gasteiger partial charge is 0.496 e. The van der Waals surface area contributed by atoms with Gasteiger partial charge in [-0.15, -0.1) is 0 Å². The third kappa shape index (κ3) is 2.76. The summed E-state index contributed by atoms with van der Waals surface area (Å²) in [4.78, 5) is 26.7. The summed E-state index contributed by atoms with van der Waals surface area (Å²) < 4.78 is 5.27. The summed E-state index contributed by atoms with van der Waals surface area (Å²) in [6, 6.07) is 11.2. The first-order valence-electron chi connectivity index (χ1n) is 8.58. The van der Waals surface area contributed by atoms with Gasteiger partial charge in [0.15, 0.2) is 0 Å². The van der Waals surface area contributed by atoms with Crippen LogP contribution < -0.4 is 15.0 Å². The van der Waals surface area contributed by atoms with Gasteiger partial charge in [-0.25, -0.2) is 0 Å². The van der Waals surface area contributed by atoms with Crippen LogP contribution in [0.4, 0.5) is 11.4 Å². The van der Waals surface area contributed by atoms with Gasteiger partial charge in [0.1, 0.15) is 5.75 Å². The molecule has 2 heterocycles. The number of aryl methyl sites for hydroxylation is 2. The molecule has 5 heteroatoms. The molecule has 2 aromatic carbocycles. The molecule has 2 aliphatic heterocycles. The van der Waals surface area contributed by atoms with Gasteiger partial charge in [0.05, 0.1) is 18.4 Å². The van der Waals surface area contributed by atoms with E-state index in [1.165, 1.54) is 0 Å². The first kappa shape index (κ1) is 15.7. The van der Waals surface area contributed by atoms with Crippen LogP contribution >= 0.6 is 0 Å². The Labute approximate surface area is 146 Å². The fourth-order valence-electron chi connectivity index (χ4n) is 3.76. The minimum Gasteiger partial charge on any atom is -0.496 e. The van der Waals surface area contributed by atoms with Crippen molar-refractivity contribution in [1.82, 2.24) is 0 Å². The molecule has 0 aromatic heterocycles. The molecule has 0 radical (unpaired) electrons. The van der Waals surface area contributed by atoms with Crippen molar-refractivity contribution in [3.63, 3.8) is 0 Å². The monoisotopic (exact) mass is 336 g/mol. The van der Waals surface area contributed by atoms with Crippen LogP contribution in [0.2, 0.25) is 0 Å². The highest BCUT2D eigenvalue weighted by molar-refractivity contribution is 6.07. The van der Waals surface area contributed by atoms with E-state index in [-0.39, 0.29) is 11.8 Å². The lowest BCUT2D eigenvalue weighted by Crippen LogP contribution is -2.39. The van der Waals surface area contributed by atoms with E-state index in [1.54, 1.807) is 19.2 Å². The van der Waals surface area contributed by atoms with Crippen LogP contribution in [0.1, 0.15) is 34.3 Å². The van der Waals surface area contributed by atoms with E-state index < -0.39 is 0 Å². The molecule has 2 amide bonds. The van der Waals surface area contributed by atoms with E-state index in [0.717, 1.165) is 48.3 Å². The fraction of sp³-hybridized carbons (Fsp3) is 0.300. The summed E-state index contributed by atoms with van der Waals surface area (Å²) in [6.07, 6.45) is 3.17. The zero-order valence-electron chi connectivity index (χ0n) is 14.2. The summed E-state index contributed by atoms with van der Waals surface area (Å²) in [5, 5.41) is 2.99. The Morgan fingerprint density at radius 1 is 1.12 bits per heavy atom. The predicted molar refractivity (Wildman–Crippen MR) is 96.4 cm³/mol. The summed E-state index contributed by atoms with van der Waals surface area (Å²) in [6.45, 7) is 0.797. The molecule has 0 unspecified atom stereocenters. The van der Waals surface area contributed by atoms with Crippen molar-refractivity contribution in [1.29, 1.82) is 0 Å². The molecule has 4 rings (SSSR count). The molecule has 0 fully saturated rings. The number of carbonyl (C=O) groups is 2. The average Bonchev–Trinajstić information content (AvgIpc) is 2.64. The molecule has 2 aliphatic rings. The number of anilines is 2. The number of amides is 2. The van der Waals surface area contributed by atoms with Crippen LogP contribution in [0.3, 0.4) is 0 Å². The highest BCUT2D eigenvalue weighted by Crippen LogP contribution is 2.38. The van der Waals surface area contributed by atoms with Crippen molar-refractivity contribution < 1.29 is 14.3 Å². The maximum Gasteiger partial charge on any atom is 0.259 e. The second-order valence-corrected chi connectivity index (χ2v) is 6.45. The number of nitrogens with zero attached hydrogens (tertiary/aromatic N) is 1. The van der Waals surface area contributed by atoms with E-state index in [9.17, 15) is 9.59 Å². The van der Waals surface area contributed by atoms with Crippen molar-refractivity contribution in [3.8, 4) is 5.75 Å². The molecule has 1 N–H and O–H groups in total. The Morgan fingerprint density at radius 3 is 2.68 bits per heavy atom. The van der Waals surface area contributed by atoms with Crippen LogP contribution in [-0.4, -0.2) is 25.5 Å². The van der Waals surface area contributed by atoms with Gasteiger partial charge in [0.25, 0.3) is 5.91 Å². The number of carbonyl (C=O) groups excluding carboxylic acids is 2. The van der Waals surface area contributed by atoms with Gasteiger partial charge < -0.3 is 15.0 Å². The molecule has 128 valence electrons. The molecule has 0 aliphatic carbocycles. The van der Waals surface area contributed by atoms with Crippen molar-refractivity contribution in [2.24, 2.45) is 0 Å². The Bertz CT molecular complexity index is 843. The van der Waals surface area contributed by atoms with Gasteiger partial charge in [-0.05, 0) is 54.7 Å². The molecule has 0 atom stereocenters. The average molecular weight is 336 g/mol.